The highest BCUT2D eigenvalue weighted by molar-refractivity contribution is 7.93. The van der Waals surface area contributed by atoms with Crippen molar-refractivity contribution in [2.45, 2.75) is 38.0 Å². The van der Waals surface area contributed by atoms with E-state index in [0.29, 0.717) is 47.4 Å². The lowest BCUT2D eigenvalue weighted by Crippen LogP contribution is -2.41. The highest BCUT2D eigenvalue weighted by Crippen LogP contribution is 2.40. The summed E-state index contributed by atoms with van der Waals surface area (Å²) >= 11 is 0. The second-order valence-corrected chi connectivity index (χ2v) is 11.9. The summed E-state index contributed by atoms with van der Waals surface area (Å²) < 4.78 is 74.9. The van der Waals surface area contributed by atoms with E-state index >= 15 is 0 Å². The van der Waals surface area contributed by atoms with E-state index in [1.54, 1.807) is 24.3 Å². The molecule has 44 heavy (non-hydrogen) atoms. The molecule has 1 saturated heterocycles. The highest BCUT2D eigenvalue weighted by atomic mass is 35.5. The number of aliphatic carboxylic acids is 1. The first-order valence-corrected chi connectivity index (χ1v) is 14.9. The third-order valence-electron chi connectivity index (χ3n) is 6.93. The number of anilines is 1. The standard InChI is InChI=1S/C28H32F3N5O5S.2ClH/c29-28(30,31)23-17-21(8-9-24(23)41-22-10-14-35(15-11-22)25-7-2-12-34-25)36(42(39,40)18-26(37)38)13-3-5-19-4-1-6-20(16-19)27(32)33;;/h1,3-6,8-9,16-17,22H,2,7,10-15,18H2,(H3,32,33)(H,37,38);2*1H/b5-3+;;. The Kier molecular flexibility index (Phi) is 12.9. The molecule has 0 aromatic heterocycles. The van der Waals surface area contributed by atoms with E-state index in [1.807, 2.05) is 0 Å². The molecule has 0 radical (unpaired) electrons. The van der Waals surface area contributed by atoms with Crippen LogP contribution in [0.5, 0.6) is 5.75 Å². The van der Waals surface area contributed by atoms with E-state index in [0.717, 1.165) is 31.3 Å². The number of aliphatic imine (C=N–C) groups is 1. The molecule has 4 rings (SSSR count). The zero-order valence-corrected chi connectivity index (χ0v) is 25.9. The molecule has 0 saturated carbocycles. The summed E-state index contributed by atoms with van der Waals surface area (Å²) in [7, 11) is -4.56. The van der Waals surface area contributed by atoms with Gasteiger partial charge < -0.3 is 20.5 Å². The number of likely N-dealkylation sites (tertiary alicyclic amines) is 1. The van der Waals surface area contributed by atoms with Gasteiger partial charge in [0.2, 0.25) is 10.0 Å². The summed E-state index contributed by atoms with van der Waals surface area (Å²) in [5.41, 5.74) is 4.97. The zero-order valence-electron chi connectivity index (χ0n) is 23.5. The lowest BCUT2D eigenvalue weighted by atomic mass is 10.1. The predicted octanol–water partition coefficient (Wildman–Crippen LogP) is 4.80. The van der Waals surface area contributed by atoms with E-state index < -0.39 is 51.9 Å². The second-order valence-electron chi connectivity index (χ2n) is 10.0. The van der Waals surface area contributed by atoms with Crippen LogP contribution < -0.4 is 14.8 Å². The third-order valence-corrected chi connectivity index (χ3v) is 8.57. The van der Waals surface area contributed by atoms with E-state index in [2.05, 4.69) is 9.89 Å². The maximum Gasteiger partial charge on any atom is 0.420 e. The maximum atomic E-state index is 14.2. The topological polar surface area (TPSA) is 149 Å². The molecular weight excluding hydrogens is 646 g/mol. The number of carboxylic acids is 1. The van der Waals surface area contributed by atoms with Crippen molar-refractivity contribution in [1.29, 1.82) is 5.41 Å². The summed E-state index contributed by atoms with van der Waals surface area (Å²) in [5.74, 6) is -2.53. The molecule has 1 fully saturated rings. The Bertz CT molecular complexity index is 1500. The van der Waals surface area contributed by atoms with Crippen LogP contribution in [-0.2, 0) is 21.0 Å². The molecule has 0 aliphatic carbocycles. The number of alkyl halides is 3. The number of halogens is 5. The number of benzene rings is 2. The van der Waals surface area contributed by atoms with Gasteiger partial charge in [-0.25, -0.2) is 8.42 Å². The molecule has 0 spiro atoms. The quantitative estimate of drug-likeness (QED) is 0.241. The Morgan fingerprint density at radius 2 is 1.89 bits per heavy atom. The van der Waals surface area contributed by atoms with Gasteiger partial charge in [0.05, 0.1) is 23.6 Å². The van der Waals surface area contributed by atoms with Crippen molar-refractivity contribution >= 4 is 64.2 Å². The van der Waals surface area contributed by atoms with Crippen LogP contribution in [0, 0.1) is 5.41 Å². The largest absolute Gasteiger partial charge is 0.490 e. The Balaban J connectivity index is 0.00000337. The molecule has 2 aromatic carbocycles. The molecule has 2 aromatic rings. The maximum absolute atomic E-state index is 14.2. The fourth-order valence-corrected chi connectivity index (χ4v) is 6.11. The summed E-state index contributed by atoms with van der Waals surface area (Å²) in [6.07, 6.45) is 0.452. The average Bonchev–Trinajstić information content (AvgIpc) is 3.46. The van der Waals surface area contributed by atoms with Crippen LogP contribution in [0.3, 0.4) is 0 Å². The van der Waals surface area contributed by atoms with Gasteiger partial charge in [-0.3, -0.25) is 19.5 Å². The van der Waals surface area contributed by atoms with Gasteiger partial charge in [-0.1, -0.05) is 30.4 Å². The first-order chi connectivity index (χ1) is 19.8. The number of piperidine rings is 1. The van der Waals surface area contributed by atoms with E-state index in [9.17, 15) is 26.4 Å². The predicted molar refractivity (Wildman–Crippen MR) is 168 cm³/mol. The van der Waals surface area contributed by atoms with Gasteiger partial charge in [-0.15, -0.1) is 24.8 Å². The van der Waals surface area contributed by atoms with Gasteiger partial charge in [0, 0.05) is 44.5 Å². The number of amidine groups is 2. The van der Waals surface area contributed by atoms with Crippen LogP contribution in [-0.4, -0.2) is 74.1 Å². The number of nitrogens with two attached hydrogens (primary N) is 1. The van der Waals surface area contributed by atoms with Crippen molar-refractivity contribution in [2.75, 3.05) is 36.2 Å². The fraction of sp³-hybridized carbons (Fsp3) is 0.393. The Labute approximate surface area is 266 Å². The van der Waals surface area contributed by atoms with Crippen molar-refractivity contribution in [1.82, 2.24) is 4.90 Å². The zero-order chi connectivity index (χ0) is 30.5. The lowest BCUT2D eigenvalue weighted by molar-refractivity contribution is -0.139. The fourth-order valence-electron chi connectivity index (χ4n) is 4.90. The highest BCUT2D eigenvalue weighted by Gasteiger charge is 2.37. The van der Waals surface area contributed by atoms with E-state index in [4.69, 9.17) is 21.0 Å². The van der Waals surface area contributed by atoms with E-state index in [-0.39, 0.29) is 36.3 Å². The number of hydrogen-bond donors (Lipinski definition) is 3. The number of carboxylic acid groups (broad SMARTS) is 1. The molecule has 0 atom stereocenters. The molecule has 242 valence electrons. The number of carbonyl (C=O) groups is 1. The number of rotatable bonds is 10. The minimum atomic E-state index is -4.87. The summed E-state index contributed by atoms with van der Waals surface area (Å²) in [4.78, 5) is 17.9. The van der Waals surface area contributed by atoms with Gasteiger partial charge in [-0.05, 0) is 36.2 Å². The van der Waals surface area contributed by atoms with E-state index in [1.165, 1.54) is 18.2 Å². The monoisotopic (exact) mass is 679 g/mol. The number of ether oxygens (including phenoxy) is 1. The van der Waals surface area contributed by atoms with Gasteiger partial charge in [0.25, 0.3) is 0 Å². The van der Waals surface area contributed by atoms with Crippen LogP contribution in [0.2, 0.25) is 0 Å². The van der Waals surface area contributed by atoms with Gasteiger partial charge in [0.15, 0.2) is 5.75 Å². The van der Waals surface area contributed by atoms with Gasteiger partial charge in [-0.2, -0.15) is 13.2 Å². The van der Waals surface area contributed by atoms with Crippen LogP contribution in [0.1, 0.15) is 42.4 Å². The van der Waals surface area contributed by atoms with Crippen LogP contribution in [0.4, 0.5) is 18.9 Å². The molecule has 10 nitrogen and oxygen atoms in total. The third kappa shape index (κ3) is 9.50. The summed E-state index contributed by atoms with van der Waals surface area (Å²) in [6.45, 7) is 1.58. The minimum Gasteiger partial charge on any atom is -0.490 e. The molecule has 4 N–H and O–H groups in total. The Hall–Kier alpha value is -3.49. The summed E-state index contributed by atoms with van der Waals surface area (Å²) in [6, 6.07) is 9.41. The smallest absolute Gasteiger partial charge is 0.420 e. The molecule has 2 aliphatic rings. The molecule has 0 bridgehead atoms. The number of nitrogens with zero attached hydrogens (tertiary/aromatic N) is 3. The van der Waals surface area contributed by atoms with Crippen LogP contribution in [0.15, 0.2) is 53.5 Å². The molecule has 2 aliphatic heterocycles. The average molecular weight is 681 g/mol. The normalized spacial score (nSPS) is 15.7. The van der Waals surface area contributed by atoms with Gasteiger partial charge in [0.1, 0.15) is 17.7 Å². The SMILES string of the molecule is Cl.Cl.N=C(N)c1cccc(/C=C/CN(c2ccc(OC3CCN(C4=NCCC4)CC3)c(C(F)(F)F)c2)S(=O)(=O)CC(=O)O)c1. The molecule has 2 heterocycles. The van der Waals surface area contributed by atoms with Crippen molar-refractivity contribution < 1.29 is 36.2 Å². The summed E-state index contributed by atoms with van der Waals surface area (Å²) in [5, 5.41) is 16.7. The van der Waals surface area contributed by atoms with Crippen molar-refractivity contribution in [3.63, 3.8) is 0 Å². The first-order valence-electron chi connectivity index (χ1n) is 13.3. The Morgan fingerprint density at radius 3 is 2.48 bits per heavy atom. The molecule has 0 amide bonds. The molecule has 0 unspecified atom stereocenters. The lowest BCUT2D eigenvalue weighted by Gasteiger charge is -2.34. The molecule has 16 heteroatoms. The van der Waals surface area contributed by atoms with Crippen molar-refractivity contribution in [3.8, 4) is 5.75 Å². The number of hydrogen-bond acceptors (Lipinski definition) is 7. The van der Waals surface area contributed by atoms with Crippen molar-refractivity contribution in [2.24, 2.45) is 10.7 Å². The molecular formula is C28H34Cl2F3N5O5S. The number of nitrogen functional groups attached to an aromatic ring is 1. The van der Waals surface area contributed by atoms with Gasteiger partial charge >= 0.3 is 12.1 Å². The van der Waals surface area contributed by atoms with Crippen LogP contribution in [0.25, 0.3) is 6.08 Å². The van der Waals surface area contributed by atoms with Crippen molar-refractivity contribution in [3.05, 3.63) is 65.2 Å². The van der Waals surface area contributed by atoms with Crippen LogP contribution >= 0.6 is 24.8 Å². The number of sulfonamides is 1. The first kappa shape index (κ1) is 36.7. The Morgan fingerprint density at radius 1 is 1.18 bits per heavy atom. The second kappa shape index (κ2) is 15.5. The number of nitrogens with one attached hydrogen (secondary N) is 1. The minimum absolute atomic E-state index is 0.